The molecule has 4 aromatic heterocycles. The molecule has 51 heavy (non-hydrogen) atoms. The summed E-state index contributed by atoms with van der Waals surface area (Å²) >= 11 is 0. The molecule has 0 bridgehead atoms. The molecule has 1 aliphatic carbocycles. The minimum absolute atomic E-state index is 0.0622. The molecule has 0 amide bonds. The number of nitrogens with zero attached hydrogens (tertiary/aromatic N) is 6. The summed E-state index contributed by atoms with van der Waals surface area (Å²) in [6.45, 7) is 6.34. The van der Waals surface area contributed by atoms with E-state index in [-0.39, 0.29) is 23.3 Å². The minimum Gasteiger partial charge on any atom is -0.382 e. The Hall–Kier alpha value is -5.51. The fourth-order valence-corrected chi connectivity index (χ4v) is 7.72. The average molecular weight is 683 g/mol. The minimum atomic E-state index is -0.0622. The molecule has 0 saturated heterocycles. The highest BCUT2D eigenvalue weighted by atomic mass is 16.1. The first-order valence-electron chi connectivity index (χ1n) is 18.0. The van der Waals surface area contributed by atoms with Gasteiger partial charge in [0.1, 0.15) is 17.6 Å². The van der Waals surface area contributed by atoms with Crippen LogP contribution in [0.3, 0.4) is 0 Å². The van der Waals surface area contributed by atoms with Gasteiger partial charge in [0.15, 0.2) is 5.82 Å². The van der Waals surface area contributed by atoms with Crippen molar-refractivity contribution in [2.45, 2.75) is 71.8 Å². The summed E-state index contributed by atoms with van der Waals surface area (Å²) in [5.41, 5.74) is 15.5. The summed E-state index contributed by atoms with van der Waals surface area (Å²) in [6, 6.07) is 22.1. The molecular weight excluding hydrogens is 637 g/mol. The Balaban J connectivity index is 1.16. The monoisotopic (exact) mass is 682 g/mol. The van der Waals surface area contributed by atoms with Gasteiger partial charge in [0.25, 0.3) is 5.56 Å². The summed E-state index contributed by atoms with van der Waals surface area (Å²) in [5, 5.41) is 12.5. The normalized spacial score (nSPS) is 16.6. The van der Waals surface area contributed by atoms with Gasteiger partial charge in [-0.15, -0.1) is 0 Å². The van der Waals surface area contributed by atoms with Crippen LogP contribution < -0.4 is 16.6 Å². The summed E-state index contributed by atoms with van der Waals surface area (Å²) in [7, 11) is 1.89. The molecule has 0 spiro atoms. The van der Waals surface area contributed by atoms with Crippen molar-refractivity contribution >= 4 is 22.8 Å². The first kappa shape index (κ1) is 34.0. The average Bonchev–Trinajstić information content (AvgIpc) is 3.73. The van der Waals surface area contributed by atoms with E-state index >= 15 is 0 Å². The summed E-state index contributed by atoms with van der Waals surface area (Å²) in [4.78, 5) is 31.2. The Kier molecular flexibility index (Phi) is 9.58. The number of fused-ring (bicyclic) bond motifs is 1. The van der Waals surface area contributed by atoms with E-state index in [1.165, 1.54) is 6.33 Å². The summed E-state index contributed by atoms with van der Waals surface area (Å²) < 4.78 is 5.51. The van der Waals surface area contributed by atoms with Crippen molar-refractivity contribution in [3.05, 3.63) is 113 Å². The van der Waals surface area contributed by atoms with Gasteiger partial charge in [0.05, 0.1) is 6.20 Å². The number of carbonyl (C=O) groups is 1. The van der Waals surface area contributed by atoms with Crippen LogP contribution in [-0.4, -0.2) is 34.7 Å². The van der Waals surface area contributed by atoms with E-state index in [1.54, 1.807) is 9.25 Å². The van der Waals surface area contributed by atoms with E-state index in [2.05, 4.69) is 38.7 Å². The van der Waals surface area contributed by atoms with Gasteiger partial charge in [-0.25, -0.2) is 9.50 Å². The summed E-state index contributed by atoms with van der Waals surface area (Å²) in [6.07, 6.45) is 11.3. The molecule has 1 aliphatic rings. The lowest BCUT2D eigenvalue weighted by atomic mass is 9.80. The Bertz CT molecular complexity index is 2230. The molecule has 6 aromatic rings. The molecule has 0 aliphatic heterocycles. The van der Waals surface area contributed by atoms with Crippen LogP contribution in [0.5, 0.6) is 0 Å². The van der Waals surface area contributed by atoms with Crippen molar-refractivity contribution in [2.24, 2.45) is 18.9 Å². The van der Waals surface area contributed by atoms with Crippen LogP contribution in [0.1, 0.15) is 75.2 Å². The van der Waals surface area contributed by atoms with Gasteiger partial charge in [-0.3, -0.25) is 18.8 Å². The van der Waals surface area contributed by atoms with E-state index in [4.69, 9.17) is 5.73 Å². The quantitative estimate of drug-likeness (QED) is 0.160. The number of hydrogen-bond donors (Lipinski definition) is 2. The number of ketones is 1. The highest BCUT2D eigenvalue weighted by molar-refractivity contribution is 5.89. The number of pyridine rings is 1. The second-order valence-electron chi connectivity index (χ2n) is 14.2. The second-order valence-corrected chi connectivity index (χ2v) is 14.2. The Morgan fingerprint density at radius 3 is 2.43 bits per heavy atom. The maximum atomic E-state index is 13.9. The highest BCUT2D eigenvalue weighted by Gasteiger charge is 2.28. The number of aryl methyl sites for hydroxylation is 1. The maximum Gasteiger partial charge on any atom is 0.260 e. The van der Waals surface area contributed by atoms with Crippen LogP contribution in [0.25, 0.3) is 33.5 Å². The van der Waals surface area contributed by atoms with Crippen molar-refractivity contribution in [3.8, 4) is 27.9 Å². The Labute approximate surface area is 298 Å². The van der Waals surface area contributed by atoms with Gasteiger partial charge < -0.3 is 11.1 Å². The predicted octanol–water partition coefficient (Wildman–Crippen LogP) is 7.73. The zero-order chi connectivity index (χ0) is 35.6. The fourth-order valence-electron chi connectivity index (χ4n) is 7.72. The number of rotatable bonds is 9. The number of Topliss-reactive ketones (excluding diaryl/α,β-unsaturated/α-hetero) is 1. The molecule has 1 fully saturated rings. The molecule has 2 aromatic carbocycles. The number of nitrogens with one attached hydrogen (secondary N) is 1. The molecule has 2 atom stereocenters. The number of nitrogen functional groups attached to an aromatic ring is 1. The van der Waals surface area contributed by atoms with Crippen LogP contribution in [0, 0.1) is 18.8 Å². The van der Waals surface area contributed by atoms with E-state index in [9.17, 15) is 9.59 Å². The topological polar surface area (TPSA) is 125 Å². The third-order valence-corrected chi connectivity index (χ3v) is 10.4. The Morgan fingerprint density at radius 2 is 1.71 bits per heavy atom. The number of anilines is 2. The highest BCUT2D eigenvalue weighted by Crippen LogP contribution is 2.39. The van der Waals surface area contributed by atoms with E-state index in [0.29, 0.717) is 23.7 Å². The molecular formula is C41H46N8O2. The molecule has 3 N–H and O–H groups in total. The Morgan fingerprint density at radius 1 is 0.941 bits per heavy atom. The number of carbonyl (C=O) groups excluding carboxylic acids is 1. The molecule has 262 valence electrons. The van der Waals surface area contributed by atoms with Crippen molar-refractivity contribution in [2.75, 3.05) is 11.1 Å². The molecule has 2 unspecified atom stereocenters. The largest absolute Gasteiger partial charge is 0.382 e. The number of aromatic nitrogens is 6. The molecule has 10 heteroatoms. The van der Waals surface area contributed by atoms with Gasteiger partial charge in [0, 0.05) is 82.6 Å². The van der Waals surface area contributed by atoms with Crippen LogP contribution in [-0.2, 0) is 18.4 Å². The van der Waals surface area contributed by atoms with E-state index in [1.807, 2.05) is 93.3 Å². The number of para-hydroxylation sites is 1. The summed E-state index contributed by atoms with van der Waals surface area (Å²) in [5.74, 6) is 1.28. The standard InChI is InChI=1S/C41H46N8O2/c1-26(2)39(50)30-11-9-8-10-29(14-15-30)37-21-36(38-40(42)44-25-46-49(37)38)28-16-18-33(19-17-28)43-22-31-20-35(32-23-45-47(4)24-32)27(3)48(41(31)51)34-12-6-5-7-13-34/h5-7,12-13,16-21,23-26,29-30,43H,8-11,14-15,22H2,1-4H3,(H2,42,44,46). The first-order chi connectivity index (χ1) is 24.7. The van der Waals surface area contributed by atoms with Crippen LogP contribution in [0.2, 0.25) is 0 Å². The van der Waals surface area contributed by atoms with Gasteiger partial charge in [0.2, 0.25) is 0 Å². The predicted molar refractivity (Wildman–Crippen MR) is 203 cm³/mol. The zero-order valence-corrected chi connectivity index (χ0v) is 29.8. The molecule has 1 saturated carbocycles. The van der Waals surface area contributed by atoms with Crippen LogP contribution >= 0.6 is 0 Å². The number of benzene rings is 2. The van der Waals surface area contributed by atoms with Gasteiger partial charge in [-0.1, -0.05) is 57.0 Å². The van der Waals surface area contributed by atoms with E-state index < -0.39 is 0 Å². The zero-order valence-electron chi connectivity index (χ0n) is 29.8. The first-order valence-corrected chi connectivity index (χ1v) is 18.0. The van der Waals surface area contributed by atoms with Crippen molar-refractivity contribution < 1.29 is 4.79 Å². The van der Waals surface area contributed by atoms with Crippen LogP contribution in [0.15, 0.2) is 90.2 Å². The SMILES string of the molecule is Cc1c(-c2cnn(C)c2)cc(CNc2ccc(-c3cc(C4CCCCC(C(=O)C(C)C)CC4)n4ncnc(N)c34)cc2)c(=O)n1-c1ccccc1. The molecule has 7 rings (SSSR count). The molecule has 0 radical (unpaired) electrons. The third kappa shape index (κ3) is 6.82. The van der Waals surface area contributed by atoms with Crippen molar-refractivity contribution in [3.63, 3.8) is 0 Å². The lowest BCUT2D eigenvalue weighted by Crippen LogP contribution is -2.26. The maximum absolute atomic E-state index is 13.9. The number of hydrogen-bond acceptors (Lipinski definition) is 7. The van der Waals surface area contributed by atoms with Crippen LogP contribution in [0.4, 0.5) is 11.5 Å². The lowest BCUT2D eigenvalue weighted by molar-refractivity contribution is -0.126. The van der Waals surface area contributed by atoms with Crippen molar-refractivity contribution in [1.82, 2.24) is 28.9 Å². The van der Waals surface area contributed by atoms with Gasteiger partial charge in [-0.05, 0) is 74.6 Å². The second kappa shape index (κ2) is 14.4. The van der Waals surface area contributed by atoms with Gasteiger partial charge in [-0.2, -0.15) is 10.2 Å². The van der Waals surface area contributed by atoms with Crippen molar-refractivity contribution in [1.29, 1.82) is 0 Å². The number of nitrogens with two attached hydrogens (primary N) is 1. The van der Waals surface area contributed by atoms with Gasteiger partial charge >= 0.3 is 0 Å². The lowest BCUT2D eigenvalue weighted by Gasteiger charge is -2.25. The molecule has 4 heterocycles. The smallest absolute Gasteiger partial charge is 0.260 e. The molecule has 10 nitrogen and oxygen atoms in total. The van der Waals surface area contributed by atoms with E-state index in [0.717, 1.165) is 89.1 Å². The third-order valence-electron chi connectivity index (χ3n) is 10.4. The fraction of sp³-hybridized carbons (Fsp3) is 0.341.